The van der Waals surface area contributed by atoms with Crippen molar-refractivity contribution in [3.05, 3.63) is 70.8 Å². The molecule has 0 atom stereocenters. The predicted octanol–water partition coefficient (Wildman–Crippen LogP) is 3.62. The van der Waals surface area contributed by atoms with E-state index >= 15 is 0 Å². The second kappa shape index (κ2) is 7.33. The van der Waals surface area contributed by atoms with Crippen molar-refractivity contribution in [1.29, 1.82) is 0 Å². The summed E-state index contributed by atoms with van der Waals surface area (Å²) < 4.78 is 21.9. The normalized spacial score (nSPS) is 10.9. The molecule has 2 rings (SSSR count). The fourth-order valence-corrected chi connectivity index (χ4v) is 2.17. The highest BCUT2D eigenvalue weighted by Crippen LogP contribution is 2.08. The molecule has 0 radical (unpaired) electrons. The zero-order chi connectivity index (χ0) is 14.4. The maximum atomic E-state index is 11.6. The van der Waals surface area contributed by atoms with Gasteiger partial charge < -0.3 is 0 Å². The standard InChI is InChI=1S/C16H18O3S/c1-13-3-7-15(8-4-13)11-18-20(17)19-12-16-9-5-14(2)6-10-16/h3-10H,11-12H2,1-2H3. The summed E-state index contributed by atoms with van der Waals surface area (Å²) in [4.78, 5) is 0. The largest absolute Gasteiger partial charge is 0.305 e. The minimum absolute atomic E-state index is 0.279. The molecule has 0 aliphatic carbocycles. The van der Waals surface area contributed by atoms with Crippen LogP contribution in [0.15, 0.2) is 48.5 Å². The summed E-state index contributed by atoms with van der Waals surface area (Å²) in [7, 11) is 0. The predicted molar refractivity (Wildman–Crippen MR) is 80.1 cm³/mol. The van der Waals surface area contributed by atoms with Crippen molar-refractivity contribution in [2.75, 3.05) is 0 Å². The van der Waals surface area contributed by atoms with Crippen molar-refractivity contribution in [2.24, 2.45) is 0 Å². The third-order valence-corrected chi connectivity index (χ3v) is 3.51. The Morgan fingerprint density at radius 3 is 1.45 bits per heavy atom. The lowest BCUT2D eigenvalue weighted by molar-refractivity contribution is 0.236. The van der Waals surface area contributed by atoms with Gasteiger partial charge in [-0.1, -0.05) is 59.7 Å². The number of benzene rings is 2. The second-order valence-electron chi connectivity index (χ2n) is 4.70. The highest BCUT2D eigenvalue weighted by atomic mass is 32.2. The Morgan fingerprint density at radius 2 is 1.10 bits per heavy atom. The summed E-state index contributed by atoms with van der Waals surface area (Å²) >= 11 is -1.73. The van der Waals surface area contributed by atoms with Gasteiger partial charge in [0.15, 0.2) is 0 Å². The lowest BCUT2D eigenvalue weighted by Crippen LogP contribution is -2.02. The molecule has 4 heteroatoms. The van der Waals surface area contributed by atoms with Gasteiger partial charge in [-0.25, -0.2) is 0 Å². The Balaban J connectivity index is 1.75. The molecule has 0 aliphatic heterocycles. The Morgan fingerprint density at radius 1 is 0.750 bits per heavy atom. The zero-order valence-corrected chi connectivity index (χ0v) is 12.5. The van der Waals surface area contributed by atoms with Crippen LogP contribution in [-0.2, 0) is 32.9 Å². The molecule has 2 aromatic carbocycles. The number of hydrogen-bond acceptors (Lipinski definition) is 3. The monoisotopic (exact) mass is 290 g/mol. The molecular weight excluding hydrogens is 272 g/mol. The molecule has 0 heterocycles. The molecule has 106 valence electrons. The number of rotatable bonds is 6. The van der Waals surface area contributed by atoms with Gasteiger partial charge in [0.05, 0.1) is 13.2 Å². The average molecular weight is 290 g/mol. The Bertz CT molecular complexity index is 510. The summed E-state index contributed by atoms with van der Waals surface area (Å²) in [6.45, 7) is 4.60. The van der Waals surface area contributed by atoms with Crippen LogP contribution in [-0.4, -0.2) is 4.21 Å². The third kappa shape index (κ3) is 4.89. The molecule has 0 unspecified atom stereocenters. The first-order chi connectivity index (χ1) is 9.63. The summed E-state index contributed by atoms with van der Waals surface area (Å²) in [5.41, 5.74) is 4.32. The van der Waals surface area contributed by atoms with Gasteiger partial charge in [0, 0.05) is 0 Å². The van der Waals surface area contributed by atoms with E-state index in [0.29, 0.717) is 0 Å². The van der Waals surface area contributed by atoms with Crippen LogP contribution in [0.4, 0.5) is 0 Å². The van der Waals surface area contributed by atoms with Crippen LogP contribution >= 0.6 is 0 Å². The zero-order valence-electron chi connectivity index (χ0n) is 11.7. The first-order valence-corrected chi connectivity index (χ1v) is 7.43. The first-order valence-electron chi connectivity index (χ1n) is 6.43. The van der Waals surface area contributed by atoms with E-state index in [9.17, 15) is 4.21 Å². The minimum atomic E-state index is -1.73. The van der Waals surface area contributed by atoms with E-state index in [2.05, 4.69) is 0 Å². The molecule has 0 bridgehead atoms. The van der Waals surface area contributed by atoms with Gasteiger partial charge in [0.1, 0.15) is 0 Å². The van der Waals surface area contributed by atoms with Crippen molar-refractivity contribution in [1.82, 2.24) is 0 Å². The second-order valence-corrected chi connectivity index (χ2v) is 5.58. The van der Waals surface area contributed by atoms with Crippen molar-refractivity contribution in [3.8, 4) is 0 Å². The number of aryl methyl sites for hydroxylation is 2. The summed E-state index contributed by atoms with van der Waals surface area (Å²) in [5, 5.41) is 0. The molecular formula is C16H18O3S. The maximum Gasteiger partial charge on any atom is 0.305 e. The van der Waals surface area contributed by atoms with E-state index < -0.39 is 11.4 Å². The van der Waals surface area contributed by atoms with Crippen LogP contribution in [0.25, 0.3) is 0 Å². The van der Waals surface area contributed by atoms with Crippen LogP contribution in [0.2, 0.25) is 0 Å². The van der Waals surface area contributed by atoms with Crippen LogP contribution in [0.3, 0.4) is 0 Å². The van der Waals surface area contributed by atoms with E-state index in [1.54, 1.807) is 0 Å². The highest BCUT2D eigenvalue weighted by Gasteiger charge is 2.03. The molecule has 3 nitrogen and oxygen atoms in total. The quantitative estimate of drug-likeness (QED) is 0.815. The fraction of sp³-hybridized carbons (Fsp3) is 0.250. The summed E-state index contributed by atoms with van der Waals surface area (Å²) in [6, 6.07) is 15.8. The van der Waals surface area contributed by atoms with Crippen molar-refractivity contribution >= 4 is 11.4 Å². The first kappa shape index (κ1) is 14.9. The van der Waals surface area contributed by atoms with Crippen LogP contribution in [0.1, 0.15) is 22.3 Å². The molecule has 0 spiro atoms. The van der Waals surface area contributed by atoms with Gasteiger partial charge in [-0.2, -0.15) is 4.21 Å². The SMILES string of the molecule is Cc1ccc(COS(=O)OCc2ccc(C)cc2)cc1. The van der Waals surface area contributed by atoms with E-state index in [-0.39, 0.29) is 13.2 Å². The molecule has 0 saturated heterocycles. The van der Waals surface area contributed by atoms with Crippen molar-refractivity contribution in [3.63, 3.8) is 0 Å². The molecule has 0 N–H and O–H groups in total. The van der Waals surface area contributed by atoms with Gasteiger partial charge in [0.25, 0.3) is 0 Å². The Labute approximate surface area is 122 Å². The molecule has 0 amide bonds. The lowest BCUT2D eigenvalue weighted by Gasteiger charge is -2.05. The fourth-order valence-electron chi connectivity index (χ4n) is 1.63. The van der Waals surface area contributed by atoms with Gasteiger partial charge >= 0.3 is 11.4 Å². The maximum absolute atomic E-state index is 11.6. The van der Waals surface area contributed by atoms with E-state index in [1.165, 1.54) is 11.1 Å². The Hall–Kier alpha value is -1.49. The van der Waals surface area contributed by atoms with Gasteiger partial charge in [0.2, 0.25) is 0 Å². The van der Waals surface area contributed by atoms with Crippen LogP contribution < -0.4 is 0 Å². The average Bonchev–Trinajstić information content (AvgIpc) is 2.46. The molecule has 0 aliphatic rings. The van der Waals surface area contributed by atoms with Crippen LogP contribution in [0.5, 0.6) is 0 Å². The van der Waals surface area contributed by atoms with Crippen molar-refractivity contribution < 1.29 is 12.6 Å². The van der Waals surface area contributed by atoms with Crippen molar-refractivity contribution in [2.45, 2.75) is 27.1 Å². The summed E-state index contributed by atoms with van der Waals surface area (Å²) in [6.07, 6.45) is 0. The lowest BCUT2D eigenvalue weighted by atomic mass is 10.2. The molecule has 0 aromatic heterocycles. The summed E-state index contributed by atoms with van der Waals surface area (Å²) in [5.74, 6) is 0. The topological polar surface area (TPSA) is 35.5 Å². The van der Waals surface area contributed by atoms with Gasteiger partial charge in [-0.05, 0) is 25.0 Å². The molecule has 0 saturated carbocycles. The Kier molecular flexibility index (Phi) is 5.47. The van der Waals surface area contributed by atoms with Crippen LogP contribution in [0, 0.1) is 13.8 Å². The van der Waals surface area contributed by atoms with E-state index in [1.807, 2.05) is 62.4 Å². The van der Waals surface area contributed by atoms with Gasteiger partial charge in [-0.3, -0.25) is 8.37 Å². The minimum Gasteiger partial charge on any atom is -0.264 e. The molecule has 2 aromatic rings. The third-order valence-electron chi connectivity index (χ3n) is 2.88. The molecule has 0 fully saturated rings. The van der Waals surface area contributed by atoms with E-state index in [0.717, 1.165) is 11.1 Å². The molecule has 20 heavy (non-hydrogen) atoms. The number of hydrogen-bond donors (Lipinski definition) is 0. The van der Waals surface area contributed by atoms with Gasteiger partial charge in [-0.15, -0.1) is 0 Å². The van der Waals surface area contributed by atoms with E-state index in [4.69, 9.17) is 8.37 Å². The highest BCUT2D eigenvalue weighted by molar-refractivity contribution is 7.75. The smallest absolute Gasteiger partial charge is 0.264 e.